The Morgan fingerprint density at radius 1 is 1.36 bits per heavy atom. The zero-order chi connectivity index (χ0) is 10.5. The number of carbonyl (C=O) groups excluding carboxylic acids is 2. The summed E-state index contributed by atoms with van der Waals surface area (Å²) in [5, 5.41) is 0. The van der Waals surface area contributed by atoms with E-state index in [1.807, 2.05) is 0 Å². The van der Waals surface area contributed by atoms with E-state index in [-0.39, 0.29) is 6.08 Å². The van der Waals surface area contributed by atoms with E-state index in [1.165, 1.54) is 0 Å². The van der Waals surface area contributed by atoms with Crippen molar-refractivity contribution in [2.45, 2.75) is 5.67 Å². The molecule has 3 nitrogen and oxygen atoms in total. The van der Waals surface area contributed by atoms with Crippen LogP contribution in [0.5, 0.6) is 0 Å². The highest BCUT2D eigenvalue weighted by Crippen LogP contribution is 2.43. The first-order valence-electron chi connectivity index (χ1n) is 3.66. The Hall–Kier alpha value is -1.59. The number of rotatable bonds is 0. The lowest BCUT2D eigenvalue weighted by Crippen LogP contribution is -2.38. The van der Waals surface area contributed by atoms with E-state index in [9.17, 15) is 22.8 Å². The van der Waals surface area contributed by atoms with Crippen LogP contribution in [0.2, 0.25) is 0 Å². The van der Waals surface area contributed by atoms with Crippen LogP contribution in [0, 0.1) is 5.92 Å². The molecule has 1 aliphatic carbocycles. The van der Waals surface area contributed by atoms with Gasteiger partial charge in [0.15, 0.2) is 5.83 Å². The molecule has 14 heavy (non-hydrogen) atoms. The minimum absolute atomic E-state index is 0.219. The van der Waals surface area contributed by atoms with E-state index >= 15 is 0 Å². The van der Waals surface area contributed by atoms with Crippen LogP contribution in [0.25, 0.3) is 0 Å². The van der Waals surface area contributed by atoms with Gasteiger partial charge in [0.2, 0.25) is 0 Å². The van der Waals surface area contributed by atoms with Gasteiger partial charge in [0.1, 0.15) is 11.7 Å². The fourth-order valence-electron chi connectivity index (χ4n) is 1.38. The van der Waals surface area contributed by atoms with Crippen LogP contribution in [0.3, 0.4) is 0 Å². The van der Waals surface area contributed by atoms with E-state index in [2.05, 4.69) is 4.74 Å². The third-order valence-electron chi connectivity index (χ3n) is 2.11. The number of halogens is 3. The number of fused-ring (bicyclic) bond motifs is 1. The maximum absolute atomic E-state index is 13.6. The fourth-order valence-corrected chi connectivity index (χ4v) is 1.38. The third-order valence-corrected chi connectivity index (χ3v) is 2.11. The average Bonchev–Trinajstić information content (AvgIpc) is 2.29. The van der Waals surface area contributed by atoms with Gasteiger partial charge in [-0.25, -0.2) is 18.0 Å². The number of allylic oxidation sites excluding steroid dienone is 2. The molecule has 74 valence electrons. The van der Waals surface area contributed by atoms with Crippen LogP contribution in [0.1, 0.15) is 0 Å². The van der Waals surface area contributed by atoms with Gasteiger partial charge in [-0.3, -0.25) is 4.79 Å². The molecule has 2 aliphatic rings. The summed E-state index contributed by atoms with van der Waals surface area (Å²) in [5.41, 5.74) is -3.17. The predicted octanol–water partition coefficient (Wildman–Crippen LogP) is 1.11. The molecular weight excluding hydrogens is 201 g/mol. The van der Waals surface area contributed by atoms with Gasteiger partial charge in [-0.15, -0.1) is 0 Å². The molecule has 0 N–H and O–H groups in total. The van der Waals surface area contributed by atoms with Crippen LogP contribution in [0.15, 0.2) is 23.8 Å². The molecule has 2 rings (SSSR count). The molecule has 2 atom stereocenters. The summed E-state index contributed by atoms with van der Waals surface area (Å²) < 4.78 is 43.1. The highest BCUT2D eigenvalue weighted by atomic mass is 19.2. The lowest BCUT2D eigenvalue weighted by atomic mass is 9.86. The zero-order valence-corrected chi connectivity index (χ0v) is 6.59. The van der Waals surface area contributed by atoms with Gasteiger partial charge in [0, 0.05) is 6.08 Å². The lowest BCUT2D eigenvalue weighted by molar-refractivity contribution is -0.155. The Labute approximate surface area is 75.8 Å². The molecule has 1 heterocycles. The number of hydrogen-bond acceptors (Lipinski definition) is 3. The normalized spacial score (nSPS) is 36.1. The molecule has 0 aromatic heterocycles. The topological polar surface area (TPSA) is 43.4 Å². The summed E-state index contributed by atoms with van der Waals surface area (Å²) in [5.74, 6) is -7.51. The summed E-state index contributed by atoms with van der Waals surface area (Å²) in [6.45, 7) is 0. The van der Waals surface area contributed by atoms with Crippen LogP contribution in [-0.4, -0.2) is 17.6 Å². The van der Waals surface area contributed by atoms with Crippen molar-refractivity contribution in [2.75, 3.05) is 0 Å². The number of cyclic esters (lactones) is 2. The Morgan fingerprint density at radius 2 is 2.00 bits per heavy atom. The first-order valence-corrected chi connectivity index (χ1v) is 3.66. The Bertz CT molecular complexity index is 399. The molecule has 0 aromatic rings. The van der Waals surface area contributed by atoms with E-state index in [4.69, 9.17) is 0 Å². The average molecular weight is 204 g/mol. The van der Waals surface area contributed by atoms with Gasteiger partial charge < -0.3 is 4.74 Å². The van der Waals surface area contributed by atoms with Crippen LogP contribution in [-0.2, 0) is 14.3 Å². The quantitative estimate of drug-likeness (QED) is 0.438. The molecular formula is C8H3F3O3. The fraction of sp³-hybridized carbons (Fsp3) is 0.250. The smallest absolute Gasteiger partial charge is 0.360 e. The van der Waals surface area contributed by atoms with Crippen molar-refractivity contribution in [3.63, 3.8) is 0 Å². The molecule has 0 aromatic carbocycles. The van der Waals surface area contributed by atoms with Crippen LogP contribution in [0.4, 0.5) is 13.2 Å². The molecule has 0 bridgehead atoms. The summed E-state index contributed by atoms with van der Waals surface area (Å²) in [4.78, 5) is 21.6. The second-order valence-corrected chi connectivity index (χ2v) is 2.94. The third kappa shape index (κ3) is 0.878. The molecule has 0 radical (unpaired) electrons. The first kappa shape index (κ1) is 8.98. The second kappa shape index (κ2) is 2.46. The summed E-state index contributed by atoms with van der Waals surface area (Å²) in [7, 11) is 0. The number of alkyl halides is 1. The van der Waals surface area contributed by atoms with Gasteiger partial charge >= 0.3 is 11.9 Å². The molecule has 0 spiro atoms. The summed E-state index contributed by atoms with van der Waals surface area (Å²) in [6.07, 6.45) is 0.743. The SMILES string of the molecule is O=C1OC(=O)C2(F)C(F)=CC(F)=CC12. The molecule has 0 amide bonds. The minimum atomic E-state index is -3.17. The van der Waals surface area contributed by atoms with Gasteiger partial charge in [0.05, 0.1) is 0 Å². The molecule has 0 saturated carbocycles. The van der Waals surface area contributed by atoms with Crippen molar-refractivity contribution in [1.82, 2.24) is 0 Å². The first-order chi connectivity index (χ1) is 6.46. The van der Waals surface area contributed by atoms with E-state index < -0.39 is 35.2 Å². The van der Waals surface area contributed by atoms with Gasteiger partial charge in [-0.2, -0.15) is 0 Å². The van der Waals surface area contributed by atoms with Crippen molar-refractivity contribution < 1.29 is 27.5 Å². The van der Waals surface area contributed by atoms with E-state index in [1.54, 1.807) is 0 Å². The number of hydrogen-bond donors (Lipinski definition) is 0. The number of esters is 2. The van der Waals surface area contributed by atoms with Gasteiger partial charge in [0.25, 0.3) is 5.67 Å². The monoisotopic (exact) mass is 204 g/mol. The van der Waals surface area contributed by atoms with Crippen molar-refractivity contribution >= 4 is 11.9 Å². The number of ether oxygens (including phenoxy) is 1. The maximum Gasteiger partial charge on any atom is 0.360 e. The van der Waals surface area contributed by atoms with Crippen LogP contribution >= 0.6 is 0 Å². The van der Waals surface area contributed by atoms with E-state index in [0.29, 0.717) is 6.08 Å². The summed E-state index contributed by atoms with van der Waals surface area (Å²) >= 11 is 0. The van der Waals surface area contributed by atoms with E-state index in [0.717, 1.165) is 0 Å². The Balaban J connectivity index is 2.57. The lowest BCUT2D eigenvalue weighted by Gasteiger charge is -2.19. The highest BCUT2D eigenvalue weighted by Gasteiger charge is 2.63. The second-order valence-electron chi connectivity index (χ2n) is 2.94. The maximum atomic E-state index is 13.6. The number of carbonyl (C=O) groups is 2. The molecule has 1 fully saturated rings. The Kier molecular flexibility index (Phi) is 1.58. The molecule has 6 heteroatoms. The van der Waals surface area contributed by atoms with Crippen LogP contribution < -0.4 is 0 Å². The van der Waals surface area contributed by atoms with Crippen molar-refractivity contribution in [2.24, 2.45) is 5.92 Å². The molecule has 1 aliphatic heterocycles. The van der Waals surface area contributed by atoms with Crippen molar-refractivity contribution in [3.8, 4) is 0 Å². The minimum Gasteiger partial charge on any atom is -0.390 e. The van der Waals surface area contributed by atoms with Crippen molar-refractivity contribution in [3.05, 3.63) is 23.8 Å². The van der Waals surface area contributed by atoms with Crippen molar-refractivity contribution in [1.29, 1.82) is 0 Å². The standard InChI is InChI=1S/C8H3F3O3/c9-3-1-4-6(12)14-7(13)8(4,11)5(10)2-3/h1-2,4H. The van der Waals surface area contributed by atoms with Gasteiger partial charge in [-0.05, 0) is 6.08 Å². The molecule has 1 saturated heterocycles. The molecule has 2 unspecified atom stereocenters. The largest absolute Gasteiger partial charge is 0.390 e. The zero-order valence-electron chi connectivity index (χ0n) is 6.59. The summed E-state index contributed by atoms with van der Waals surface area (Å²) in [6, 6.07) is 0. The predicted molar refractivity (Wildman–Crippen MR) is 36.8 cm³/mol. The highest BCUT2D eigenvalue weighted by molar-refractivity contribution is 6.04. The van der Waals surface area contributed by atoms with Gasteiger partial charge in [-0.1, -0.05) is 0 Å². The Morgan fingerprint density at radius 3 is 2.64 bits per heavy atom.